The van der Waals surface area contributed by atoms with Crippen molar-refractivity contribution in [1.82, 2.24) is 9.97 Å². The van der Waals surface area contributed by atoms with Crippen LogP contribution in [-0.4, -0.2) is 9.97 Å². The molecule has 0 radical (unpaired) electrons. The summed E-state index contributed by atoms with van der Waals surface area (Å²) >= 11 is 11.2. The van der Waals surface area contributed by atoms with Gasteiger partial charge in [-0.15, -0.1) is 0 Å². The first kappa shape index (κ1) is 14.8. The van der Waals surface area contributed by atoms with Gasteiger partial charge >= 0.3 is 6.18 Å². The third kappa shape index (κ3) is 3.49. The molecular formula is C11H5Cl2F4N3. The summed E-state index contributed by atoms with van der Waals surface area (Å²) in [5, 5.41) is 2.17. The second-order valence-corrected chi connectivity index (χ2v) is 4.47. The highest BCUT2D eigenvalue weighted by Crippen LogP contribution is 2.29. The van der Waals surface area contributed by atoms with Crippen LogP contribution in [0.1, 0.15) is 5.82 Å². The summed E-state index contributed by atoms with van der Waals surface area (Å²) in [6.07, 6.45) is -4.76. The summed E-state index contributed by atoms with van der Waals surface area (Å²) in [6, 6.07) is 4.62. The molecule has 0 bridgehead atoms. The molecule has 0 spiro atoms. The van der Waals surface area contributed by atoms with Crippen molar-refractivity contribution < 1.29 is 17.6 Å². The number of hydrogen-bond acceptors (Lipinski definition) is 3. The second-order valence-electron chi connectivity index (χ2n) is 3.65. The van der Waals surface area contributed by atoms with Crippen molar-refractivity contribution in [1.29, 1.82) is 0 Å². The van der Waals surface area contributed by atoms with Gasteiger partial charge in [-0.25, -0.2) is 14.4 Å². The molecule has 0 atom stereocenters. The molecular weight excluding hydrogens is 321 g/mol. The molecule has 20 heavy (non-hydrogen) atoms. The number of hydrogen-bond donors (Lipinski definition) is 1. The van der Waals surface area contributed by atoms with Gasteiger partial charge in [0.1, 0.15) is 16.8 Å². The van der Waals surface area contributed by atoms with Gasteiger partial charge in [-0.05, 0) is 18.2 Å². The zero-order chi connectivity index (χ0) is 14.9. The zero-order valence-electron chi connectivity index (χ0n) is 9.47. The minimum Gasteiger partial charge on any atom is -0.338 e. The Labute approximate surface area is 120 Å². The quantitative estimate of drug-likeness (QED) is 0.643. The van der Waals surface area contributed by atoms with Crippen molar-refractivity contribution in [3.63, 3.8) is 0 Å². The van der Waals surface area contributed by atoms with Crippen molar-refractivity contribution in [2.45, 2.75) is 6.18 Å². The van der Waals surface area contributed by atoms with Crippen molar-refractivity contribution in [3.8, 4) is 0 Å². The Hall–Kier alpha value is -1.60. The number of nitrogens with one attached hydrogen (secondary N) is 1. The third-order valence-electron chi connectivity index (χ3n) is 2.14. The lowest BCUT2D eigenvalue weighted by Gasteiger charge is -2.10. The van der Waals surface area contributed by atoms with Gasteiger partial charge in [0.2, 0.25) is 5.82 Å². The minimum absolute atomic E-state index is 0.125. The lowest BCUT2D eigenvalue weighted by atomic mass is 10.3. The Bertz CT molecular complexity index is 646. The van der Waals surface area contributed by atoms with E-state index in [1.807, 2.05) is 0 Å². The van der Waals surface area contributed by atoms with Crippen LogP contribution >= 0.6 is 23.2 Å². The van der Waals surface area contributed by atoms with Crippen LogP contribution in [0, 0.1) is 5.82 Å². The van der Waals surface area contributed by atoms with E-state index in [9.17, 15) is 17.6 Å². The molecule has 106 valence electrons. The molecule has 1 aromatic carbocycles. The number of alkyl halides is 3. The molecule has 0 saturated heterocycles. The highest BCUT2D eigenvalue weighted by atomic mass is 35.5. The van der Waals surface area contributed by atoms with E-state index in [0.717, 1.165) is 12.1 Å². The smallest absolute Gasteiger partial charge is 0.338 e. The summed E-state index contributed by atoms with van der Waals surface area (Å²) < 4.78 is 51.0. The molecule has 0 saturated carbocycles. The van der Waals surface area contributed by atoms with Crippen LogP contribution < -0.4 is 5.32 Å². The monoisotopic (exact) mass is 325 g/mol. The van der Waals surface area contributed by atoms with Crippen LogP contribution in [0.5, 0.6) is 0 Å². The standard InChI is InChI=1S/C11H5Cl2F4N3/c12-5-1-2-6(14)7(3-5)18-9-4-8(13)19-10(20-9)11(15,16)17/h1-4H,(H,18,19,20). The van der Waals surface area contributed by atoms with Crippen LogP contribution in [0.3, 0.4) is 0 Å². The van der Waals surface area contributed by atoms with Gasteiger partial charge in [0.15, 0.2) is 0 Å². The Morgan fingerprint density at radius 3 is 2.40 bits per heavy atom. The Kier molecular flexibility index (Phi) is 4.01. The summed E-state index contributed by atoms with van der Waals surface area (Å²) in [7, 11) is 0. The molecule has 9 heteroatoms. The predicted octanol–water partition coefficient (Wildman–Crippen LogP) is 4.68. The van der Waals surface area contributed by atoms with Gasteiger partial charge in [0, 0.05) is 11.1 Å². The van der Waals surface area contributed by atoms with Gasteiger partial charge in [-0.3, -0.25) is 0 Å². The summed E-state index contributed by atoms with van der Waals surface area (Å²) in [6.45, 7) is 0. The van der Waals surface area contributed by atoms with E-state index in [0.29, 0.717) is 0 Å². The minimum atomic E-state index is -4.76. The fourth-order valence-electron chi connectivity index (χ4n) is 1.34. The molecule has 0 aliphatic rings. The number of rotatable bonds is 2. The topological polar surface area (TPSA) is 37.8 Å². The molecule has 1 heterocycles. The van der Waals surface area contributed by atoms with Crippen LogP contribution in [0.25, 0.3) is 0 Å². The maximum absolute atomic E-state index is 13.5. The second kappa shape index (κ2) is 5.41. The highest BCUT2D eigenvalue weighted by molar-refractivity contribution is 6.31. The van der Waals surface area contributed by atoms with Crippen molar-refractivity contribution in [3.05, 3.63) is 46.1 Å². The van der Waals surface area contributed by atoms with E-state index >= 15 is 0 Å². The van der Waals surface area contributed by atoms with Gasteiger partial charge in [0.05, 0.1) is 5.69 Å². The first-order valence-electron chi connectivity index (χ1n) is 5.09. The Morgan fingerprint density at radius 1 is 1.05 bits per heavy atom. The van der Waals surface area contributed by atoms with Crippen molar-refractivity contribution in [2.24, 2.45) is 0 Å². The van der Waals surface area contributed by atoms with Crippen LogP contribution in [-0.2, 0) is 6.18 Å². The van der Waals surface area contributed by atoms with E-state index in [1.165, 1.54) is 12.1 Å². The third-order valence-corrected chi connectivity index (χ3v) is 2.57. The normalized spacial score (nSPS) is 11.5. The van der Waals surface area contributed by atoms with E-state index in [-0.39, 0.29) is 16.5 Å². The number of halogens is 6. The largest absolute Gasteiger partial charge is 0.451 e. The maximum atomic E-state index is 13.5. The van der Waals surface area contributed by atoms with Gasteiger partial charge in [-0.1, -0.05) is 23.2 Å². The van der Waals surface area contributed by atoms with Crippen molar-refractivity contribution >= 4 is 34.7 Å². The van der Waals surface area contributed by atoms with Crippen LogP contribution in [0.15, 0.2) is 24.3 Å². The molecule has 3 nitrogen and oxygen atoms in total. The Balaban J connectivity index is 2.39. The fraction of sp³-hybridized carbons (Fsp3) is 0.0909. The molecule has 0 aliphatic carbocycles. The molecule has 0 amide bonds. The van der Waals surface area contributed by atoms with Crippen LogP contribution in [0.2, 0.25) is 10.2 Å². The number of benzene rings is 1. The van der Waals surface area contributed by atoms with Crippen LogP contribution in [0.4, 0.5) is 29.1 Å². The van der Waals surface area contributed by atoms with Gasteiger partial charge in [0.25, 0.3) is 0 Å². The predicted molar refractivity (Wildman–Crippen MR) is 66.7 cm³/mol. The number of nitrogens with zero attached hydrogens (tertiary/aromatic N) is 2. The summed E-state index contributed by atoms with van der Waals surface area (Å²) in [5.41, 5.74) is -0.125. The Morgan fingerprint density at radius 2 is 1.75 bits per heavy atom. The first-order valence-corrected chi connectivity index (χ1v) is 5.85. The first-order chi connectivity index (χ1) is 9.25. The fourth-order valence-corrected chi connectivity index (χ4v) is 1.70. The molecule has 2 aromatic rings. The van der Waals surface area contributed by atoms with Crippen molar-refractivity contribution in [2.75, 3.05) is 5.32 Å². The molecule has 0 unspecified atom stereocenters. The molecule has 0 aliphatic heterocycles. The van der Waals surface area contributed by atoms with E-state index in [1.54, 1.807) is 0 Å². The number of aromatic nitrogens is 2. The molecule has 2 rings (SSSR count). The molecule has 1 aromatic heterocycles. The number of anilines is 2. The summed E-state index contributed by atoms with van der Waals surface area (Å²) in [4.78, 5) is 6.29. The van der Waals surface area contributed by atoms with Gasteiger partial charge in [-0.2, -0.15) is 13.2 Å². The zero-order valence-corrected chi connectivity index (χ0v) is 11.0. The average Bonchev–Trinajstić information content (AvgIpc) is 2.32. The maximum Gasteiger partial charge on any atom is 0.451 e. The highest BCUT2D eigenvalue weighted by Gasteiger charge is 2.35. The average molecular weight is 326 g/mol. The molecule has 1 N–H and O–H groups in total. The SMILES string of the molecule is Fc1ccc(Cl)cc1Nc1cc(Cl)nc(C(F)(F)F)n1. The van der Waals surface area contributed by atoms with E-state index in [4.69, 9.17) is 23.2 Å². The lowest BCUT2D eigenvalue weighted by Crippen LogP contribution is -2.12. The summed E-state index contributed by atoms with van der Waals surface area (Å²) in [5.74, 6) is -2.41. The lowest BCUT2D eigenvalue weighted by molar-refractivity contribution is -0.144. The van der Waals surface area contributed by atoms with E-state index < -0.39 is 23.0 Å². The molecule has 0 fully saturated rings. The van der Waals surface area contributed by atoms with E-state index in [2.05, 4.69) is 15.3 Å². The van der Waals surface area contributed by atoms with Gasteiger partial charge < -0.3 is 5.32 Å².